The number of aromatic nitrogens is 4. The maximum atomic E-state index is 14.1. The second-order valence-corrected chi connectivity index (χ2v) is 8.12. The summed E-state index contributed by atoms with van der Waals surface area (Å²) in [5.41, 5.74) is -0.359. The molecule has 5 rings (SSSR count). The van der Waals surface area contributed by atoms with Crippen LogP contribution in [0.2, 0.25) is 0 Å². The lowest BCUT2D eigenvalue weighted by molar-refractivity contribution is -0.161. The molecule has 3 aromatic heterocycles. The fraction of sp³-hybridized carbons (Fsp3) is 0.450. The van der Waals surface area contributed by atoms with Crippen molar-refractivity contribution in [3.05, 3.63) is 42.5 Å². The lowest BCUT2D eigenvalue weighted by atomic mass is 10.0. The van der Waals surface area contributed by atoms with Crippen LogP contribution in [0.3, 0.4) is 0 Å². The Hall–Kier alpha value is -2.75. The number of likely N-dealkylation sites (tertiary alicyclic amines) is 1. The van der Waals surface area contributed by atoms with E-state index in [9.17, 15) is 17.6 Å². The van der Waals surface area contributed by atoms with Gasteiger partial charge < -0.3 is 10.2 Å². The number of nitrogens with zero attached hydrogens (tertiary/aromatic N) is 5. The third-order valence-corrected chi connectivity index (χ3v) is 5.95. The molecule has 4 heterocycles. The van der Waals surface area contributed by atoms with E-state index in [2.05, 4.69) is 20.3 Å². The zero-order valence-corrected chi connectivity index (χ0v) is 16.2. The van der Waals surface area contributed by atoms with Gasteiger partial charge >= 0.3 is 6.18 Å². The molecule has 1 saturated carbocycles. The van der Waals surface area contributed by atoms with Crippen molar-refractivity contribution in [3.8, 4) is 11.4 Å². The predicted octanol–water partition coefficient (Wildman–Crippen LogP) is 3.45. The highest BCUT2D eigenvalue weighted by atomic mass is 19.4. The highest BCUT2D eigenvalue weighted by molar-refractivity contribution is 5.62. The van der Waals surface area contributed by atoms with Crippen LogP contribution in [0.5, 0.6) is 0 Å². The van der Waals surface area contributed by atoms with Crippen molar-refractivity contribution in [2.24, 2.45) is 0 Å². The number of anilines is 1. The molecule has 1 N–H and O–H groups in total. The molecule has 2 fully saturated rings. The molecular weight excluding hydrogens is 400 g/mol. The van der Waals surface area contributed by atoms with Gasteiger partial charge in [0.05, 0.1) is 35.5 Å². The average Bonchev–Trinajstić information content (AvgIpc) is 3.33. The fourth-order valence-electron chi connectivity index (χ4n) is 4.07. The highest BCUT2D eigenvalue weighted by Gasteiger charge is 2.65. The summed E-state index contributed by atoms with van der Waals surface area (Å²) >= 11 is 0. The number of rotatable bonds is 4. The van der Waals surface area contributed by atoms with Gasteiger partial charge in [0.1, 0.15) is 17.4 Å². The summed E-state index contributed by atoms with van der Waals surface area (Å²) in [7, 11) is 1.86. The number of nitrogens with one attached hydrogen (secondary N) is 1. The summed E-state index contributed by atoms with van der Waals surface area (Å²) in [6, 6.07) is 4.90. The second kappa shape index (κ2) is 6.63. The van der Waals surface area contributed by atoms with Crippen molar-refractivity contribution in [1.29, 1.82) is 0 Å². The zero-order valence-electron chi connectivity index (χ0n) is 16.2. The monoisotopic (exact) mass is 420 g/mol. The van der Waals surface area contributed by atoms with Crippen LogP contribution in [-0.2, 0) is 5.41 Å². The van der Waals surface area contributed by atoms with Crippen molar-refractivity contribution < 1.29 is 17.6 Å². The molecule has 0 unspecified atom stereocenters. The standard InChI is InChI=1S/C20H20F4N6/c1-29-9-12(21)14(10-29)28-17-4-2-3-13(27-17)15-7-26-18-8-25-16(11-30(15)18)19(5-6-19)20(22,23)24/h2-4,7-8,11-12,14H,5-6,9-10H2,1H3,(H,27,28)/t12-,14-/m0/s1. The van der Waals surface area contributed by atoms with Gasteiger partial charge in [-0.3, -0.25) is 9.38 Å². The van der Waals surface area contributed by atoms with Gasteiger partial charge in [0.15, 0.2) is 5.65 Å². The number of hydrogen-bond acceptors (Lipinski definition) is 5. The minimum Gasteiger partial charge on any atom is -0.363 e. The topological polar surface area (TPSA) is 58.3 Å². The molecule has 10 heteroatoms. The molecule has 1 aliphatic carbocycles. The first kappa shape index (κ1) is 19.2. The fourth-order valence-corrected chi connectivity index (χ4v) is 4.07. The molecule has 6 nitrogen and oxygen atoms in total. The summed E-state index contributed by atoms with van der Waals surface area (Å²) in [5.74, 6) is 0.508. The van der Waals surface area contributed by atoms with Gasteiger partial charge in [0.25, 0.3) is 0 Å². The third-order valence-electron chi connectivity index (χ3n) is 5.95. The molecule has 0 amide bonds. The van der Waals surface area contributed by atoms with E-state index < -0.39 is 17.8 Å². The molecule has 0 spiro atoms. The van der Waals surface area contributed by atoms with Gasteiger partial charge in [-0.2, -0.15) is 13.2 Å². The van der Waals surface area contributed by atoms with Crippen molar-refractivity contribution >= 4 is 11.5 Å². The van der Waals surface area contributed by atoms with Crippen molar-refractivity contribution in [3.63, 3.8) is 0 Å². The molecule has 1 aliphatic heterocycles. The molecule has 0 aromatic carbocycles. The maximum absolute atomic E-state index is 14.1. The van der Waals surface area contributed by atoms with Crippen LogP contribution in [0.1, 0.15) is 18.5 Å². The SMILES string of the molecule is CN1C[C@H](Nc2cccc(-c3cnc4cnc(C5(C(F)(F)F)CC5)cn34)n2)[C@@H](F)C1. The number of fused-ring (bicyclic) bond motifs is 1. The van der Waals surface area contributed by atoms with Gasteiger partial charge in [0, 0.05) is 19.3 Å². The van der Waals surface area contributed by atoms with E-state index in [0.29, 0.717) is 35.9 Å². The van der Waals surface area contributed by atoms with Gasteiger partial charge in [-0.15, -0.1) is 0 Å². The zero-order chi connectivity index (χ0) is 21.1. The molecule has 1 saturated heterocycles. The van der Waals surface area contributed by atoms with Gasteiger partial charge in [-0.05, 0) is 32.0 Å². The number of hydrogen-bond donors (Lipinski definition) is 1. The van der Waals surface area contributed by atoms with E-state index >= 15 is 0 Å². The van der Waals surface area contributed by atoms with Crippen molar-refractivity contribution in [2.75, 3.05) is 25.5 Å². The summed E-state index contributed by atoms with van der Waals surface area (Å²) in [4.78, 5) is 14.7. The Kier molecular flexibility index (Phi) is 4.25. The number of alkyl halides is 4. The molecule has 2 atom stereocenters. The number of halogens is 4. The van der Waals surface area contributed by atoms with Crippen LogP contribution in [0.4, 0.5) is 23.4 Å². The Morgan fingerprint density at radius 1 is 1.13 bits per heavy atom. The molecule has 30 heavy (non-hydrogen) atoms. The Bertz CT molecular complexity index is 1090. The predicted molar refractivity (Wildman–Crippen MR) is 103 cm³/mol. The number of likely N-dealkylation sites (N-methyl/N-ethyl adjacent to an activating group) is 1. The lowest BCUT2D eigenvalue weighted by Crippen LogP contribution is -2.30. The normalized spacial score (nSPS) is 23.8. The first-order valence-electron chi connectivity index (χ1n) is 9.74. The largest absolute Gasteiger partial charge is 0.399 e. The van der Waals surface area contributed by atoms with E-state index in [4.69, 9.17) is 0 Å². The van der Waals surface area contributed by atoms with Crippen molar-refractivity contribution in [2.45, 2.75) is 36.6 Å². The molecule has 3 aromatic rings. The van der Waals surface area contributed by atoms with Crippen LogP contribution >= 0.6 is 0 Å². The molecule has 158 valence electrons. The smallest absolute Gasteiger partial charge is 0.363 e. The highest BCUT2D eigenvalue weighted by Crippen LogP contribution is 2.58. The quantitative estimate of drug-likeness (QED) is 0.656. The molecule has 2 aliphatic rings. The Morgan fingerprint density at radius 3 is 2.60 bits per heavy atom. The van der Waals surface area contributed by atoms with Gasteiger partial charge in [-0.25, -0.2) is 14.4 Å². The number of imidazole rings is 1. The van der Waals surface area contributed by atoms with E-state index in [1.165, 1.54) is 12.4 Å². The summed E-state index contributed by atoms with van der Waals surface area (Å²) in [6.07, 6.45) is -0.941. The second-order valence-electron chi connectivity index (χ2n) is 8.12. The van der Waals surface area contributed by atoms with E-state index in [-0.39, 0.29) is 24.6 Å². The third kappa shape index (κ3) is 3.10. The summed E-state index contributed by atoms with van der Waals surface area (Å²) < 4.78 is 56.3. The summed E-state index contributed by atoms with van der Waals surface area (Å²) in [5, 5.41) is 3.12. The van der Waals surface area contributed by atoms with Crippen molar-refractivity contribution in [1.82, 2.24) is 24.3 Å². The van der Waals surface area contributed by atoms with Crippen LogP contribution < -0.4 is 5.32 Å². The first-order chi connectivity index (χ1) is 14.3. The Morgan fingerprint density at radius 2 is 1.93 bits per heavy atom. The first-order valence-corrected chi connectivity index (χ1v) is 9.74. The van der Waals surface area contributed by atoms with Gasteiger partial charge in [-0.1, -0.05) is 6.07 Å². The Balaban J connectivity index is 1.49. The van der Waals surface area contributed by atoms with Crippen LogP contribution in [0, 0.1) is 0 Å². The van der Waals surface area contributed by atoms with E-state index in [1.807, 2.05) is 11.9 Å². The van der Waals surface area contributed by atoms with E-state index in [0.717, 1.165) is 0 Å². The lowest BCUT2D eigenvalue weighted by Gasteiger charge is -2.18. The molecule has 0 bridgehead atoms. The Labute approximate surface area is 170 Å². The molecule has 0 radical (unpaired) electrons. The average molecular weight is 420 g/mol. The minimum absolute atomic E-state index is 0.00899. The van der Waals surface area contributed by atoms with E-state index in [1.54, 1.807) is 28.8 Å². The van der Waals surface area contributed by atoms with Gasteiger partial charge in [0.2, 0.25) is 0 Å². The van der Waals surface area contributed by atoms with Crippen LogP contribution in [-0.4, -0.2) is 62.8 Å². The maximum Gasteiger partial charge on any atom is 0.399 e. The van der Waals surface area contributed by atoms with Crippen LogP contribution in [0.15, 0.2) is 36.8 Å². The van der Waals surface area contributed by atoms with Crippen LogP contribution in [0.25, 0.3) is 17.0 Å². The molecular formula is C20H20F4N6. The summed E-state index contributed by atoms with van der Waals surface area (Å²) in [6.45, 7) is 0.929. The minimum atomic E-state index is -4.34. The number of pyridine rings is 1.